The van der Waals surface area contributed by atoms with E-state index in [4.69, 9.17) is 4.42 Å². The van der Waals surface area contributed by atoms with E-state index in [2.05, 4.69) is 4.90 Å². The molecule has 0 aliphatic carbocycles. The molecule has 0 spiro atoms. The van der Waals surface area contributed by atoms with Gasteiger partial charge in [0.1, 0.15) is 10.7 Å². The predicted molar refractivity (Wildman–Crippen MR) is 119 cm³/mol. The normalized spacial score (nSPS) is 18.8. The number of hydrogen-bond donors (Lipinski definition) is 0. The molecule has 1 aromatic heterocycles. The molecule has 0 saturated carbocycles. The van der Waals surface area contributed by atoms with Gasteiger partial charge in [0.2, 0.25) is 0 Å². The first-order valence-corrected chi connectivity index (χ1v) is 12.5. The molecule has 1 fully saturated rings. The number of benzene rings is 2. The van der Waals surface area contributed by atoms with Gasteiger partial charge in [-0.2, -0.15) is 0 Å². The Morgan fingerprint density at radius 1 is 1.00 bits per heavy atom. The average Bonchev–Trinajstić information content (AvgIpc) is 3.22. The zero-order valence-corrected chi connectivity index (χ0v) is 18.8. The number of carbonyl (C=O) groups excluding carboxylic acids is 1. The quantitative estimate of drug-likeness (QED) is 0.511. The van der Waals surface area contributed by atoms with Crippen LogP contribution in [0, 0.1) is 5.82 Å². The molecule has 0 bridgehead atoms. The molecule has 3 heterocycles. The lowest BCUT2D eigenvalue weighted by Gasteiger charge is -2.32. The van der Waals surface area contributed by atoms with Crippen molar-refractivity contribution >= 4 is 27.0 Å². The molecule has 10 heteroatoms. The smallest absolute Gasteiger partial charge is 0.408 e. The van der Waals surface area contributed by atoms with Crippen LogP contribution in [0.5, 0.6) is 0 Å². The highest BCUT2D eigenvalue weighted by molar-refractivity contribution is 7.90. The summed E-state index contributed by atoms with van der Waals surface area (Å²) < 4.78 is 46.6. The topological polar surface area (TPSA) is 92.8 Å². The third kappa shape index (κ3) is 3.87. The van der Waals surface area contributed by atoms with E-state index in [1.165, 1.54) is 0 Å². The van der Waals surface area contributed by atoms with Crippen molar-refractivity contribution < 1.29 is 22.0 Å². The number of piperidine rings is 1. The summed E-state index contributed by atoms with van der Waals surface area (Å²) in [4.78, 5) is 26.9. The molecule has 1 amide bonds. The predicted octanol–water partition coefficient (Wildman–Crippen LogP) is 3.00. The Bertz CT molecular complexity index is 1370. The van der Waals surface area contributed by atoms with Crippen molar-refractivity contribution in [3.63, 3.8) is 0 Å². The number of aromatic nitrogens is 1. The Hall–Kier alpha value is -2.98. The van der Waals surface area contributed by atoms with Gasteiger partial charge in [0.25, 0.3) is 15.9 Å². The minimum absolute atomic E-state index is 0.0737. The van der Waals surface area contributed by atoms with Gasteiger partial charge >= 0.3 is 5.76 Å². The largest absolute Gasteiger partial charge is 0.420 e. The lowest BCUT2D eigenvalue weighted by molar-refractivity contribution is 0.0867. The number of fused-ring (bicyclic) bond motifs is 2. The molecular formula is C23H24FN3O5S. The minimum Gasteiger partial charge on any atom is -0.408 e. The van der Waals surface area contributed by atoms with Crippen LogP contribution >= 0.6 is 0 Å². The van der Waals surface area contributed by atoms with E-state index in [1.807, 2.05) is 18.2 Å². The van der Waals surface area contributed by atoms with Crippen LogP contribution in [0.1, 0.15) is 42.1 Å². The first-order valence-electron chi connectivity index (χ1n) is 11.1. The van der Waals surface area contributed by atoms with Crippen LogP contribution in [0.2, 0.25) is 0 Å². The standard InChI is InChI=1S/C23H24FN3O5S/c24-16-7-8-21-18(15-16)22(28)26(33(21,30)31)12-4-3-11-25-13-9-17(10-14-25)27-19-5-1-2-6-20(19)32-23(27)29/h1-2,5-8,15,17H,3-4,9-14H2. The van der Waals surface area contributed by atoms with Crippen molar-refractivity contribution in [2.45, 2.75) is 36.6 Å². The van der Waals surface area contributed by atoms with Crippen LogP contribution in [-0.2, 0) is 10.0 Å². The second-order valence-electron chi connectivity index (χ2n) is 8.51. The molecular weight excluding hydrogens is 449 g/mol. The number of rotatable bonds is 6. The highest BCUT2D eigenvalue weighted by atomic mass is 32.2. The summed E-state index contributed by atoms with van der Waals surface area (Å²) in [5.41, 5.74) is 1.32. The van der Waals surface area contributed by atoms with Crippen LogP contribution in [-0.4, -0.2) is 54.3 Å². The number of halogens is 1. The summed E-state index contributed by atoms with van der Waals surface area (Å²) in [6, 6.07) is 10.7. The fraction of sp³-hybridized carbons (Fsp3) is 0.391. The Morgan fingerprint density at radius 2 is 1.73 bits per heavy atom. The van der Waals surface area contributed by atoms with Crippen LogP contribution in [0.15, 0.2) is 56.6 Å². The van der Waals surface area contributed by atoms with Crippen LogP contribution < -0.4 is 5.76 Å². The van der Waals surface area contributed by atoms with E-state index in [9.17, 15) is 22.4 Å². The fourth-order valence-corrected chi connectivity index (χ4v) is 6.39. The molecule has 8 nitrogen and oxygen atoms in total. The number of amides is 1. The Kier molecular flexibility index (Phi) is 5.57. The molecule has 0 unspecified atom stereocenters. The maximum atomic E-state index is 13.4. The number of hydrogen-bond acceptors (Lipinski definition) is 6. The zero-order chi connectivity index (χ0) is 23.2. The molecule has 2 aliphatic heterocycles. The van der Waals surface area contributed by atoms with E-state index < -0.39 is 21.7 Å². The lowest BCUT2D eigenvalue weighted by Crippen LogP contribution is -2.37. The molecule has 5 rings (SSSR count). The van der Waals surface area contributed by atoms with Gasteiger partial charge in [-0.1, -0.05) is 12.1 Å². The average molecular weight is 474 g/mol. The van der Waals surface area contributed by atoms with Crippen LogP contribution in [0.4, 0.5) is 4.39 Å². The summed E-state index contributed by atoms with van der Waals surface area (Å²) in [7, 11) is -3.91. The maximum absolute atomic E-state index is 13.4. The summed E-state index contributed by atoms with van der Waals surface area (Å²) in [6.07, 6.45) is 2.89. The summed E-state index contributed by atoms with van der Waals surface area (Å²) >= 11 is 0. The first kappa shape index (κ1) is 21.8. The van der Waals surface area contributed by atoms with Gasteiger partial charge in [0.05, 0.1) is 11.1 Å². The van der Waals surface area contributed by atoms with Gasteiger partial charge in [-0.15, -0.1) is 0 Å². The van der Waals surface area contributed by atoms with Crippen molar-refractivity contribution in [1.82, 2.24) is 13.8 Å². The molecule has 174 valence electrons. The number of likely N-dealkylation sites (tertiary alicyclic amines) is 1. The van der Waals surface area contributed by atoms with Gasteiger partial charge in [0.15, 0.2) is 5.58 Å². The summed E-state index contributed by atoms with van der Waals surface area (Å²) in [6.45, 7) is 2.49. The van der Waals surface area contributed by atoms with Crippen molar-refractivity contribution in [1.29, 1.82) is 0 Å². The van der Waals surface area contributed by atoms with Crippen LogP contribution in [0.3, 0.4) is 0 Å². The molecule has 0 atom stereocenters. The summed E-state index contributed by atoms with van der Waals surface area (Å²) in [5, 5.41) is 0. The third-order valence-electron chi connectivity index (χ3n) is 6.49. The monoisotopic (exact) mass is 473 g/mol. The minimum atomic E-state index is -3.91. The van der Waals surface area contributed by atoms with Gasteiger partial charge in [-0.25, -0.2) is 21.9 Å². The van der Waals surface area contributed by atoms with Gasteiger partial charge < -0.3 is 9.32 Å². The lowest BCUT2D eigenvalue weighted by atomic mass is 10.0. The number of oxazole rings is 1. The number of para-hydroxylation sites is 2. The Morgan fingerprint density at radius 3 is 2.52 bits per heavy atom. The van der Waals surface area contributed by atoms with Crippen LogP contribution in [0.25, 0.3) is 11.1 Å². The summed E-state index contributed by atoms with van der Waals surface area (Å²) in [5.74, 6) is -1.62. The Balaban J connectivity index is 1.13. The SMILES string of the molecule is O=C1c2cc(F)ccc2S(=O)(=O)N1CCCCN1CCC(n2c(=O)oc3ccccc32)CC1. The molecule has 2 aromatic carbocycles. The van der Waals surface area contributed by atoms with Gasteiger partial charge in [-0.05, 0) is 62.6 Å². The molecule has 33 heavy (non-hydrogen) atoms. The van der Waals surface area contributed by atoms with E-state index in [0.717, 1.165) is 66.9 Å². The van der Waals surface area contributed by atoms with Crippen molar-refractivity contribution in [3.8, 4) is 0 Å². The van der Waals surface area contributed by atoms with Crippen molar-refractivity contribution in [2.24, 2.45) is 0 Å². The van der Waals surface area contributed by atoms with Gasteiger partial charge in [-0.3, -0.25) is 9.36 Å². The van der Waals surface area contributed by atoms with Crippen molar-refractivity contribution in [2.75, 3.05) is 26.2 Å². The number of nitrogens with zero attached hydrogens (tertiary/aromatic N) is 3. The van der Waals surface area contributed by atoms with E-state index in [0.29, 0.717) is 12.0 Å². The number of unbranched alkanes of at least 4 members (excludes halogenated alkanes) is 1. The van der Waals surface area contributed by atoms with Crippen molar-refractivity contribution in [3.05, 3.63) is 64.4 Å². The fourth-order valence-electron chi connectivity index (χ4n) is 4.80. The number of carbonyl (C=O) groups is 1. The molecule has 0 radical (unpaired) electrons. The maximum Gasteiger partial charge on any atom is 0.420 e. The molecule has 1 saturated heterocycles. The zero-order valence-electron chi connectivity index (χ0n) is 17.9. The molecule has 3 aromatic rings. The van der Waals surface area contributed by atoms with E-state index >= 15 is 0 Å². The Labute approximate surface area is 190 Å². The molecule has 0 N–H and O–H groups in total. The number of sulfonamides is 1. The van der Waals surface area contributed by atoms with E-state index in [1.54, 1.807) is 10.6 Å². The first-order chi connectivity index (χ1) is 15.9. The molecule has 2 aliphatic rings. The van der Waals surface area contributed by atoms with E-state index in [-0.39, 0.29) is 28.8 Å². The second-order valence-corrected chi connectivity index (χ2v) is 10.3. The highest BCUT2D eigenvalue weighted by Crippen LogP contribution is 2.31. The van der Waals surface area contributed by atoms with Gasteiger partial charge in [0, 0.05) is 25.7 Å². The highest BCUT2D eigenvalue weighted by Gasteiger charge is 2.40. The third-order valence-corrected chi connectivity index (χ3v) is 8.33. The second kappa shape index (κ2) is 8.42.